The molecule has 1 aliphatic heterocycles. The number of nitrogens with zero attached hydrogens (tertiary/aromatic N) is 2. The van der Waals surface area contributed by atoms with E-state index < -0.39 is 0 Å². The number of rotatable bonds is 6. The third-order valence-corrected chi connectivity index (χ3v) is 4.69. The van der Waals surface area contributed by atoms with Crippen molar-refractivity contribution in [3.63, 3.8) is 0 Å². The molecule has 1 unspecified atom stereocenters. The number of amides is 2. The summed E-state index contributed by atoms with van der Waals surface area (Å²) in [6.45, 7) is 3.82. The van der Waals surface area contributed by atoms with Gasteiger partial charge in [0.2, 0.25) is 0 Å². The molecule has 5 nitrogen and oxygen atoms in total. The Morgan fingerprint density at radius 3 is 2.58 bits per heavy atom. The van der Waals surface area contributed by atoms with Crippen LogP contribution in [0.3, 0.4) is 0 Å². The number of halogens is 1. The van der Waals surface area contributed by atoms with Crippen LogP contribution in [-0.2, 0) is 0 Å². The number of aliphatic hydroxyl groups excluding tert-OH is 1. The number of carbonyl (C=O) groups excluding carboxylic acids is 1. The van der Waals surface area contributed by atoms with Crippen LogP contribution in [0.2, 0.25) is 0 Å². The van der Waals surface area contributed by atoms with E-state index >= 15 is 0 Å². The maximum absolute atomic E-state index is 13.0. The minimum atomic E-state index is -0.222. The van der Waals surface area contributed by atoms with Gasteiger partial charge in [-0.25, -0.2) is 9.18 Å². The molecule has 0 aromatic heterocycles. The molecular formula is C18H28FN3O2. The zero-order valence-electron chi connectivity index (χ0n) is 14.5. The van der Waals surface area contributed by atoms with E-state index in [0.717, 1.165) is 38.0 Å². The fourth-order valence-electron chi connectivity index (χ4n) is 3.11. The molecule has 1 saturated heterocycles. The van der Waals surface area contributed by atoms with Crippen molar-refractivity contribution in [3.8, 4) is 0 Å². The third-order valence-electron chi connectivity index (χ3n) is 4.69. The zero-order chi connectivity index (χ0) is 17.5. The van der Waals surface area contributed by atoms with Crippen molar-refractivity contribution < 1.29 is 14.3 Å². The first-order chi connectivity index (χ1) is 11.5. The number of hydrogen-bond acceptors (Lipinski definition) is 3. The van der Waals surface area contributed by atoms with Crippen molar-refractivity contribution in [2.24, 2.45) is 0 Å². The van der Waals surface area contributed by atoms with Gasteiger partial charge in [-0.1, -0.05) is 0 Å². The second-order valence-electron chi connectivity index (χ2n) is 6.52. The Kier molecular flexibility index (Phi) is 6.85. The second-order valence-corrected chi connectivity index (χ2v) is 6.52. The van der Waals surface area contributed by atoms with Gasteiger partial charge >= 0.3 is 6.03 Å². The van der Waals surface area contributed by atoms with Crippen molar-refractivity contribution >= 4 is 11.7 Å². The maximum Gasteiger partial charge on any atom is 0.317 e. The summed E-state index contributed by atoms with van der Waals surface area (Å²) in [4.78, 5) is 16.3. The average molecular weight is 337 g/mol. The molecule has 1 fully saturated rings. The predicted octanol–water partition coefficient (Wildman–Crippen LogP) is 2.60. The van der Waals surface area contributed by atoms with E-state index in [1.165, 1.54) is 12.1 Å². The highest BCUT2D eigenvalue weighted by atomic mass is 19.1. The molecule has 2 N–H and O–H groups in total. The first-order valence-electron chi connectivity index (χ1n) is 8.66. The van der Waals surface area contributed by atoms with Crippen LogP contribution < -0.4 is 10.2 Å². The van der Waals surface area contributed by atoms with Gasteiger partial charge in [0, 0.05) is 44.5 Å². The topological polar surface area (TPSA) is 55.8 Å². The molecule has 2 amide bonds. The summed E-state index contributed by atoms with van der Waals surface area (Å²) in [7, 11) is 1.84. The monoisotopic (exact) mass is 337 g/mol. The molecule has 24 heavy (non-hydrogen) atoms. The highest BCUT2D eigenvalue weighted by molar-refractivity contribution is 5.74. The molecule has 0 radical (unpaired) electrons. The molecule has 0 aliphatic carbocycles. The number of anilines is 1. The van der Waals surface area contributed by atoms with Crippen LogP contribution in [0.1, 0.15) is 32.6 Å². The molecule has 6 heteroatoms. The van der Waals surface area contributed by atoms with E-state index in [1.807, 2.05) is 14.0 Å². The van der Waals surface area contributed by atoms with Crippen LogP contribution in [0.15, 0.2) is 24.3 Å². The van der Waals surface area contributed by atoms with Gasteiger partial charge in [0.25, 0.3) is 0 Å². The van der Waals surface area contributed by atoms with E-state index in [2.05, 4.69) is 10.2 Å². The Morgan fingerprint density at radius 2 is 2.00 bits per heavy atom. The van der Waals surface area contributed by atoms with Crippen molar-refractivity contribution in [3.05, 3.63) is 30.1 Å². The Morgan fingerprint density at radius 1 is 1.38 bits per heavy atom. The molecule has 1 heterocycles. The summed E-state index contributed by atoms with van der Waals surface area (Å²) >= 11 is 0. The van der Waals surface area contributed by atoms with Crippen LogP contribution in [0, 0.1) is 5.82 Å². The van der Waals surface area contributed by atoms with E-state index in [-0.39, 0.29) is 30.5 Å². The number of hydrogen-bond donors (Lipinski definition) is 2. The summed E-state index contributed by atoms with van der Waals surface area (Å²) in [5.74, 6) is -0.222. The van der Waals surface area contributed by atoms with Gasteiger partial charge in [-0.3, -0.25) is 0 Å². The van der Waals surface area contributed by atoms with Crippen molar-refractivity contribution in [1.29, 1.82) is 0 Å². The van der Waals surface area contributed by atoms with E-state index in [9.17, 15) is 9.18 Å². The molecule has 134 valence electrons. The number of carbonyl (C=O) groups is 1. The lowest BCUT2D eigenvalue weighted by molar-refractivity contribution is 0.175. The van der Waals surface area contributed by atoms with Gasteiger partial charge in [-0.15, -0.1) is 0 Å². The van der Waals surface area contributed by atoms with E-state index in [4.69, 9.17) is 5.11 Å². The summed E-state index contributed by atoms with van der Waals surface area (Å²) < 4.78 is 13.0. The number of urea groups is 1. The maximum atomic E-state index is 13.0. The molecule has 2 rings (SSSR count). The first-order valence-corrected chi connectivity index (χ1v) is 8.66. The van der Waals surface area contributed by atoms with Crippen LogP contribution >= 0.6 is 0 Å². The SMILES string of the molecule is CC(CCCO)NC(=O)N(C)C1CCN(c2ccc(F)cc2)CC1. The van der Waals surface area contributed by atoms with Gasteiger partial charge in [0.1, 0.15) is 5.82 Å². The number of nitrogens with one attached hydrogen (secondary N) is 1. The molecule has 0 saturated carbocycles. The minimum Gasteiger partial charge on any atom is -0.396 e. The minimum absolute atomic E-state index is 0.0549. The summed E-state index contributed by atoms with van der Waals surface area (Å²) in [6.07, 6.45) is 3.26. The Hall–Kier alpha value is -1.82. The standard InChI is InChI=1S/C18H28FN3O2/c1-14(4-3-13-23)20-18(24)21(2)16-9-11-22(12-10-16)17-7-5-15(19)6-8-17/h5-8,14,16,23H,3-4,9-13H2,1-2H3,(H,20,24). The van der Waals surface area contributed by atoms with E-state index in [1.54, 1.807) is 17.0 Å². The lowest BCUT2D eigenvalue weighted by Gasteiger charge is -2.38. The molecular weight excluding hydrogens is 309 g/mol. The highest BCUT2D eigenvalue weighted by Crippen LogP contribution is 2.22. The van der Waals surface area contributed by atoms with Crippen LogP contribution in [0.4, 0.5) is 14.9 Å². The smallest absolute Gasteiger partial charge is 0.317 e. The van der Waals surface area contributed by atoms with Crippen molar-refractivity contribution in [2.75, 3.05) is 31.6 Å². The van der Waals surface area contributed by atoms with Gasteiger partial charge in [-0.2, -0.15) is 0 Å². The molecule has 1 aliphatic rings. The summed E-state index contributed by atoms with van der Waals surface area (Å²) in [5, 5.41) is 11.8. The highest BCUT2D eigenvalue weighted by Gasteiger charge is 2.26. The lowest BCUT2D eigenvalue weighted by atomic mass is 10.0. The molecule has 1 atom stereocenters. The number of benzene rings is 1. The quantitative estimate of drug-likeness (QED) is 0.839. The predicted molar refractivity (Wildman–Crippen MR) is 93.7 cm³/mol. The average Bonchev–Trinajstić information content (AvgIpc) is 2.60. The molecule has 0 spiro atoms. The summed E-state index contributed by atoms with van der Waals surface area (Å²) in [6, 6.07) is 6.78. The Bertz CT molecular complexity index is 516. The normalized spacial score (nSPS) is 16.8. The van der Waals surface area contributed by atoms with Gasteiger partial charge in [0.15, 0.2) is 0 Å². The van der Waals surface area contributed by atoms with Crippen molar-refractivity contribution in [1.82, 2.24) is 10.2 Å². The Balaban J connectivity index is 1.80. The summed E-state index contributed by atoms with van der Waals surface area (Å²) in [5.41, 5.74) is 1.03. The first kappa shape index (κ1) is 18.5. The Labute approximate surface area is 143 Å². The van der Waals surface area contributed by atoms with Crippen LogP contribution in [0.25, 0.3) is 0 Å². The fraction of sp³-hybridized carbons (Fsp3) is 0.611. The molecule has 0 bridgehead atoms. The van der Waals surface area contributed by atoms with Gasteiger partial charge in [-0.05, 0) is 56.9 Å². The fourth-order valence-corrected chi connectivity index (χ4v) is 3.11. The van der Waals surface area contributed by atoms with E-state index in [0.29, 0.717) is 6.42 Å². The lowest BCUT2D eigenvalue weighted by Crippen LogP contribution is -2.50. The molecule has 1 aromatic carbocycles. The number of aliphatic hydroxyl groups is 1. The zero-order valence-corrected chi connectivity index (χ0v) is 14.5. The van der Waals surface area contributed by atoms with Crippen LogP contribution in [-0.4, -0.2) is 54.9 Å². The molecule has 1 aromatic rings. The van der Waals surface area contributed by atoms with Gasteiger partial charge in [0.05, 0.1) is 0 Å². The largest absolute Gasteiger partial charge is 0.396 e. The van der Waals surface area contributed by atoms with Gasteiger partial charge < -0.3 is 20.2 Å². The second kappa shape index (κ2) is 8.87. The van der Waals surface area contributed by atoms with Crippen molar-refractivity contribution in [2.45, 2.75) is 44.7 Å². The third kappa shape index (κ3) is 5.09. The number of piperidine rings is 1. The van der Waals surface area contributed by atoms with Crippen LogP contribution in [0.5, 0.6) is 0 Å².